The van der Waals surface area contributed by atoms with E-state index in [2.05, 4.69) is 0 Å². The lowest BCUT2D eigenvalue weighted by Gasteiger charge is -2.12. The van der Waals surface area contributed by atoms with Crippen LogP contribution in [0, 0.1) is 0 Å². The van der Waals surface area contributed by atoms with E-state index in [1.54, 1.807) is 24.3 Å². The molecule has 0 spiro atoms. The Bertz CT molecular complexity index is 513. The maximum Gasteiger partial charge on any atom is 0.355 e. The van der Waals surface area contributed by atoms with E-state index in [-0.39, 0.29) is 6.61 Å². The molecule has 4 heteroatoms. The minimum absolute atomic E-state index is 0.270. The van der Waals surface area contributed by atoms with Crippen molar-refractivity contribution in [1.29, 1.82) is 0 Å². The molecule has 0 aliphatic heterocycles. The van der Waals surface area contributed by atoms with Crippen LogP contribution in [0.25, 0.3) is 0 Å². The van der Waals surface area contributed by atoms with Gasteiger partial charge in [0.2, 0.25) is 6.23 Å². The van der Waals surface area contributed by atoms with E-state index in [1.165, 1.54) is 0 Å². The van der Waals surface area contributed by atoms with Crippen molar-refractivity contribution in [1.82, 2.24) is 0 Å². The Morgan fingerprint density at radius 2 is 1.58 bits per heavy atom. The van der Waals surface area contributed by atoms with Gasteiger partial charge in [0.1, 0.15) is 5.75 Å². The van der Waals surface area contributed by atoms with Crippen molar-refractivity contribution < 1.29 is 14.3 Å². The van der Waals surface area contributed by atoms with E-state index in [0.29, 0.717) is 5.75 Å². The molecule has 1 atom stereocenters. The van der Waals surface area contributed by atoms with Crippen molar-refractivity contribution in [2.75, 3.05) is 0 Å². The van der Waals surface area contributed by atoms with Gasteiger partial charge in [0, 0.05) is 0 Å². The highest BCUT2D eigenvalue weighted by Gasteiger charge is 2.16. The molecule has 2 aromatic carbocycles. The zero-order chi connectivity index (χ0) is 13.5. The monoisotopic (exact) mass is 257 g/mol. The number of benzene rings is 2. The predicted octanol–water partition coefficient (Wildman–Crippen LogP) is 2.09. The van der Waals surface area contributed by atoms with Crippen LogP contribution >= 0.6 is 0 Å². The molecule has 1 unspecified atom stereocenters. The van der Waals surface area contributed by atoms with Crippen molar-refractivity contribution in [2.24, 2.45) is 5.73 Å². The highest BCUT2D eigenvalue weighted by molar-refractivity contribution is 5.76. The molecular formula is C15H15NO3. The third-order valence-corrected chi connectivity index (χ3v) is 2.47. The number of esters is 1. The molecule has 0 amide bonds. The summed E-state index contributed by atoms with van der Waals surface area (Å²) in [7, 11) is 0. The quantitative estimate of drug-likeness (QED) is 0.506. The fraction of sp³-hybridized carbons (Fsp3) is 0.133. The predicted molar refractivity (Wildman–Crippen MR) is 71.3 cm³/mol. The number of nitrogens with two attached hydrogens (primary N) is 1. The first-order valence-corrected chi connectivity index (χ1v) is 5.93. The van der Waals surface area contributed by atoms with Crippen LogP contribution in [0.15, 0.2) is 60.7 Å². The Kier molecular flexibility index (Phi) is 4.66. The van der Waals surface area contributed by atoms with Gasteiger partial charge in [-0.15, -0.1) is 0 Å². The fourth-order valence-corrected chi connectivity index (χ4v) is 1.49. The van der Waals surface area contributed by atoms with Crippen molar-refractivity contribution in [3.8, 4) is 5.75 Å². The summed E-state index contributed by atoms with van der Waals surface area (Å²) in [6.07, 6.45) is -1.10. The highest BCUT2D eigenvalue weighted by Crippen LogP contribution is 2.09. The average Bonchev–Trinajstić information content (AvgIpc) is 2.47. The molecule has 0 fully saturated rings. The zero-order valence-electron chi connectivity index (χ0n) is 10.4. The molecule has 0 saturated heterocycles. The molecule has 98 valence electrons. The second-order valence-electron chi connectivity index (χ2n) is 3.95. The lowest BCUT2D eigenvalue weighted by atomic mass is 10.2. The van der Waals surface area contributed by atoms with Crippen LogP contribution in [-0.2, 0) is 16.1 Å². The zero-order valence-corrected chi connectivity index (χ0v) is 10.4. The third-order valence-electron chi connectivity index (χ3n) is 2.47. The Morgan fingerprint density at radius 1 is 1.00 bits per heavy atom. The Morgan fingerprint density at radius 3 is 2.21 bits per heavy atom. The van der Waals surface area contributed by atoms with Gasteiger partial charge in [0.05, 0.1) is 6.61 Å². The summed E-state index contributed by atoms with van der Waals surface area (Å²) in [5.41, 5.74) is 6.57. The summed E-state index contributed by atoms with van der Waals surface area (Å²) in [5, 5.41) is 0. The van der Waals surface area contributed by atoms with Gasteiger partial charge in [-0.1, -0.05) is 48.5 Å². The normalized spacial score (nSPS) is 11.8. The number of rotatable bonds is 5. The molecule has 0 aliphatic carbocycles. The molecule has 4 nitrogen and oxygen atoms in total. The van der Waals surface area contributed by atoms with Crippen LogP contribution in [0.3, 0.4) is 0 Å². The maximum absolute atomic E-state index is 11.7. The van der Waals surface area contributed by atoms with Crippen LogP contribution in [0.4, 0.5) is 0 Å². The number of carbonyl (C=O) groups is 1. The van der Waals surface area contributed by atoms with Gasteiger partial charge in [-0.25, -0.2) is 4.79 Å². The van der Waals surface area contributed by atoms with Gasteiger partial charge < -0.3 is 9.47 Å². The summed E-state index contributed by atoms with van der Waals surface area (Å²) in [4.78, 5) is 11.7. The molecule has 19 heavy (non-hydrogen) atoms. The first-order valence-electron chi connectivity index (χ1n) is 5.93. The highest BCUT2D eigenvalue weighted by atomic mass is 16.6. The van der Waals surface area contributed by atoms with Gasteiger partial charge in [0.15, 0.2) is 0 Å². The van der Waals surface area contributed by atoms with E-state index in [4.69, 9.17) is 15.2 Å². The topological polar surface area (TPSA) is 61.5 Å². The molecule has 0 radical (unpaired) electrons. The number of hydrogen-bond donors (Lipinski definition) is 1. The number of para-hydroxylation sites is 1. The summed E-state index contributed by atoms with van der Waals surface area (Å²) >= 11 is 0. The van der Waals surface area contributed by atoms with E-state index in [1.807, 2.05) is 36.4 Å². The lowest BCUT2D eigenvalue weighted by Crippen LogP contribution is -2.36. The molecule has 2 rings (SSSR count). The van der Waals surface area contributed by atoms with E-state index < -0.39 is 12.2 Å². The Hall–Kier alpha value is -2.17. The number of hydrogen-bond acceptors (Lipinski definition) is 4. The van der Waals surface area contributed by atoms with Crippen LogP contribution in [0.2, 0.25) is 0 Å². The maximum atomic E-state index is 11.7. The number of carbonyl (C=O) groups excluding carboxylic acids is 1. The largest absolute Gasteiger partial charge is 0.424 e. The molecule has 0 saturated carbocycles. The van der Waals surface area contributed by atoms with Crippen LogP contribution < -0.4 is 10.5 Å². The summed E-state index contributed by atoms with van der Waals surface area (Å²) in [6.45, 7) is 0.270. The van der Waals surface area contributed by atoms with Crippen molar-refractivity contribution >= 4 is 5.97 Å². The molecule has 0 heterocycles. The average molecular weight is 257 g/mol. The van der Waals surface area contributed by atoms with E-state index >= 15 is 0 Å². The van der Waals surface area contributed by atoms with Crippen molar-refractivity contribution in [3.63, 3.8) is 0 Å². The van der Waals surface area contributed by atoms with Gasteiger partial charge in [-0.3, -0.25) is 5.73 Å². The molecule has 2 aromatic rings. The summed E-state index contributed by atoms with van der Waals surface area (Å²) in [5.74, 6) is -0.159. The second kappa shape index (κ2) is 6.68. The third kappa shape index (κ3) is 4.21. The Labute approximate surface area is 111 Å². The van der Waals surface area contributed by atoms with E-state index in [9.17, 15) is 4.79 Å². The summed E-state index contributed by atoms with van der Waals surface area (Å²) < 4.78 is 10.3. The molecule has 0 aliphatic rings. The first-order chi connectivity index (χ1) is 9.25. The molecule has 0 aromatic heterocycles. The molecule has 0 bridgehead atoms. The number of ether oxygens (including phenoxy) is 2. The van der Waals surface area contributed by atoms with Crippen LogP contribution in [-0.4, -0.2) is 12.2 Å². The van der Waals surface area contributed by atoms with Gasteiger partial charge in [-0.2, -0.15) is 0 Å². The summed E-state index contributed by atoms with van der Waals surface area (Å²) in [6, 6.07) is 18.3. The van der Waals surface area contributed by atoms with Gasteiger partial charge in [0.25, 0.3) is 0 Å². The van der Waals surface area contributed by atoms with E-state index in [0.717, 1.165) is 5.56 Å². The van der Waals surface area contributed by atoms with Gasteiger partial charge in [-0.05, 0) is 17.7 Å². The standard InChI is InChI=1S/C15H15NO3/c16-14(18-11-12-7-3-1-4-8-12)15(17)19-13-9-5-2-6-10-13/h1-10,14H,11,16H2. The van der Waals surface area contributed by atoms with Gasteiger partial charge >= 0.3 is 5.97 Å². The second-order valence-corrected chi connectivity index (χ2v) is 3.95. The smallest absolute Gasteiger partial charge is 0.355 e. The molecule has 2 N–H and O–H groups in total. The lowest BCUT2D eigenvalue weighted by molar-refractivity contribution is -0.147. The van der Waals surface area contributed by atoms with Crippen molar-refractivity contribution in [3.05, 3.63) is 66.2 Å². The fourth-order valence-electron chi connectivity index (χ4n) is 1.49. The van der Waals surface area contributed by atoms with Crippen molar-refractivity contribution in [2.45, 2.75) is 12.8 Å². The minimum atomic E-state index is -1.10. The van der Waals surface area contributed by atoms with Crippen LogP contribution in [0.1, 0.15) is 5.56 Å². The first kappa shape index (κ1) is 13.3. The SMILES string of the molecule is NC(OCc1ccccc1)C(=O)Oc1ccccc1. The molecular weight excluding hydrogens is 242 g/mol. The minimum Gasteiger partial charge on any atom is -0.424 e. The van der Waals surface area contributed by atoms with Crippen LogP contribution in [0.5, 0.6) is 5.75 Å². The Balaban J connectivity index is 1.83.